The summed E-state index contributed by atoms with van der Waals surface area (Å²) < 4.78 is 128. The molecule has 1 amide bonds. The maximum Gasteiger partial charge on any atom is 0.433 e. The van der Waals surface area contributed by atoms with Crippen molar-refractivity contribution < 1.29 is 43.9 Å². The van der Waals surface area contributed by atoms with Crippen molar-refractivity contribution in [2.45, 2.75) is 31.0 Å². The number of carbonyl (C=O) groups excluding carboxylic acids is 1. The quantitative estimate of drug-likeness (QED) is 0.0816. The zero-order chi connectivity index (χ0) is 41.2. The molecule has 0 bridgehead atoms. The van der Waals surface area contributed by atoms with E-state index in [1.54, 1.807) is 24.3 Å². The van der Waals surface area contributed by atoms with Gasteiger partial charge in [-0.05, 0) is 54.7 Å². The standard InChI is InChI=1S/C36H29ClF7N9O3S/c1-53-30-20(4-6-23(37)28(30)34(51-53)52-57(2,55)56)19-5-7-24(33-46-8-3-9-47-33)50-29(19)25(12-16-10-17(38)13-18(39)11-16)49-26(54)15-48-32-27(31(45)36(42,43)44)21-14-22(21)35(32,40)41/h3-11,13,21-22,25,45,48H,12,14-15H2,1-2H3,(H,49,54)(H,51,52)/t21-,22+,25-/m0/s1. The number of amides is 1. The van der Waals surface area contributed by atoms with Gasteiger partial charge in [-0.2, -0.15) is 27.1 Å². The molecule has 4 N–H and O–H groups in total. The highest BCUT2D eigenvalue weighted by molar-refractivity contribution is 7.92. The molecule has 0 saturated heterocycles. The lowest BCUT2D eigenvalue weighted by molar-refractivity contribution is -0.121. The molecule has 0 spiro atoms. The van der Waals surface area contributed by atoms with E-state index in [2.05, 4.69) is 30.4 Å². The summed E-state index contributed by atoms with van der Waals surface area (Å²) in [5.74, 6) is -9.36. The fourth-order valence-corrected chi connectivity index (χ4v) is 7.84. The van der Waals surface area contributed by atoms with Crippen LogP contribution in [0.5, 0.6) is 0 Å². The number of aromatic nitrogens is 5. The molecule has 57 heavy (non-hydrogen) atoms. The molecular weight excluding hydrogens is 807 g/mol. The van der Waals surface area contributed by atoms with Crippen molar-refractivity contribution in [3.05, 3.63) is 100 Å². The molecule has 21 heteroatoms. The van der Waals surface area contributed by atoms with Crippen LogP contribution in [-0.2, 0) is 28.3 Å². The molecule has 1 saturated carbocycles. The summed E-state index contributed by atoms with van der Waals surface area (Å²) in [6.07, 6.45) is -2.03. The van der Waals surface area contributed by atoms with E-state index in [0.717, 1.165) is 18.4 Å². The predicted octanol–water partition coefficient (Wildman–Crippen LogP) is 6.51. The van der Waals surface area contributed by atoms with Crippen molar-refractivity contribution in [1.29, 1.82) is 5.41 Å². The van der Waals surface area contributed by atoms with Crippen LogP contribution in [-0.4, -0.2) is 69.7 Å². The second-order valence-electron chi connectivity index (χ2n) is 13.6. The van der Waals surface area contributed by atoms with Crippen molar-refractivity contribution >= 4 is 50.0 Å². The SMILES string of the molecule is Cn1nc(NS(C)(=O)=O)c2c(Cl)ccc(-c3ccc(-c4ncccn4)nc3[C@H](Cc3cc(F)cc(F)c3)NC(=O)CNC3=C(C(=N)C(F)(F)F)[C@H]4C[C@H]4C3(F)F)c21. The van der Waals surface area contributed by atoms with Crippen molar-refractivity contribution in [2.24, 2.45) is 18.9 Å². The van der Waals surface area contributed by atoms with E-state index in [1.165, 1.54) is 30.2 Å². The number of anilines is 1. The summed E-state index contributed by atoms with van der Waals surface area (Å²) in [6, 6.07) is 8.98. The van der Waals surface area contributed by atoms with E-state index >= 15 is 8.78 Å². The van der Waals surface area contributed by atoms with Gasteiger partial charge in [0.1, 0.15) is 23.0 Å². The van der Waals surface area contributed by atoms with Gasteiger partial charge in [0.25, 0.3) is 5.92 Å². The Hall–Kier alpha value is -5.63. The minimum absolute atomic E-state index is 0.0200. The average molecular weight is 836 g/mol. The number of nitrogens with zero attached hydrogens (tertiary/aromatic N) is 5. The largest absolute Gasteiger partial charge is 0.433 e. The lowest BCUT2D eigenvalue weighted by Gasteiger charge is -2.24. The van der Waals surface area contributed by atoms with Crippen LogP contribution in [0.3, 0.4) is 0 Å². The van der Waals surface area contributed by atoms with Crippen molar-refractivity contribution in [3.63, 3.8) is 0 Å². The molecule has 12 nitrogen and oxygen atoms in total. The Morgan fingerprint density at radius 1 is 1.07 bits per heavy atom. The minimum Gasteiger partial charge on any atom is -0.374 e. The minimum atomic E-state index is -5.22. The Labute approximate surface area is 324 Å². The number of alkyl halides is 5. The molecule has 3 heterocycles. The maximum absolute atomic E-state index is 15.2. The summed E-state index contributed by atoms with van der Waals surface area (Å²) in [4.78, 5) is 26.9. The number of sulfonamides is 1. The zero-order valence-electron chi connectivity index (χ0n) is 29.5. The highest BCUT2D eigenvalue weighted by atomic mass is 35.5. The van der Waals surface area contributed by atoms with Gasteiger partial charge in [-0.15, -0.1) is 0 Å². The van der Waals surface area contributed by atoms with Crippen LogP contribution in [0, 0.1) is 28.9 Å². The van der Waals surface area contributed by atoms with Crippen LogP contribution in [0.15, 0.2) is 72.2 Å². The second-order valence-corrected chi connectivity index (χ2v) is 15.7. The first-order chi connectivity index (χ1) is 26.7. The topological polar surface area (TPSA) is 168 Å². The average Bonchev–Trinajstić information content (AvgIpc) is 3.81. The lowest BCUT2D eigenvalue weighted by atomic mass is 9.93. The van der Waals surface area contributed by atoms with Crippen LogP contribution in [0.2, 0.25) is 5.02 Å². The van der Waals surface area contributed by atoms with Crippen LogP contribution >= 0.6 is 11.6 Å². The van der Waals surface area contributed by atoms with Crippen molar-refractivity contribution in [1.82, 2.24) is 35.4 Å². The Morgan fingerprint density at radius 3 is 2.39 bits per heavy atom. The number of fused-ring (bicyclic) bond motifs is 2. The fourth-order valence-electron chi connectivity index (χ4n) is 7.10. The van der Waals surface area contributed by atoms with Crippen LogP contribution in [0.1, 0.15) is 23.7 Å². The first-order valence-electron chi connectivity index (χ1n) is 16.9. The van der Waals surface area contributed by atoms with Gasteiger partial charge in [0.2, 0.25) is 15.9 Å². The van der Waals surface area contributed by atoms with E-state index < -0.39 is 81.1 Å². The molecule has 5 aromatic rings. The predicted molar refractivity (Wildman–Crippen MR) is 195 cm³/mol. The molecular formula is C36H29ClF7N9O3S. The van der Waals surface area contributed by atoms with Crippen LogP contribution in [0.25, 0.3) is 33.5 Å². The second kappa shape index (κ2) is 14.4. The molecule has 298 valence electrons. The summed E-state index contributed by atoms with van der Waals surface area (Å²) in [5, 5.41) is 17.0. The number of allylic oxidation sites excluding steroid dienone is 2. The van der Waals surface area contributed by atoms with Crippen LogP contribution in [0.4, 0.5) is 36.6 Å². The molecule has 3 atom stereocenters. The van der Waals surface area contributed by atoms with Crippen molar-refractivity contribution in [2.75, 3.05) is 17.5 Å². The van der Waals surface area contributed by atoms with E-state index in [9.17, 15) is 35.2 Å². The molecule has 2 aliphatic carbocycles. The van der Waals surface area contributed by atoms with Crippen molar-refractivity contribution in [3.8, 4) is 22.6 Å². The van der Waals surface area contributed by atoms with Gasteiger partial charge in [0, 0.05) is 48.1 Å². The fraction of sp³-hybridized carbons (Fsp3) is 0.278. The summed E-state index contributed by atoms with van der Waals surface area (Å²) in [7, 11) is -2.33. The molecule has 2 aliphatic rings. The molecule has 1 fully saturated rings. The summed E-state index contributed by atoms with van der Waals surface area (Å²) in [6.45, 7) is -0.989. The number of rotatable bonds is 12. The highest BCUT2D eigenvalue weighted by Crippen LogP contribution is 2.63. The zero-order valence-corrected chi connectivity index (χ0v) is 31.1. The number of aryl methyl sites for hydroxylation is 1. The van der Waals surface area contributed by atoms with Gasteiger partial charge in [0.05, 0.1) is 46.2 Å². The van der Waals surface area contributed by atoms with Crippen LogP contribution < -0.4 is 15.4 Å². The lowest BCUT2D eigenvalue weighted by Crippen LogP contribution is -2.41. The third kappa shape index (κ3) is 7.87. The third-order valence-electron chi connectivity index (χ3n) is 9.46. The van der Waals surface area contributed by atoms with Gasteiger partial charge in [-0.25, -0.2) is 32.2 Å². The first-order valence-corrected chi connectivity index (χ1v) is 19.2. The number of halogens is 8. The number of pyridine rings is 1. The summed E-state index contributed by atoms with van der Waals surface area (Å²) in [5.41, 5.74) is -2.94. The first kappa shape index (κ1) is 39.6. The number of hydrogen-bond donors (Lipinski definition) is 4. The number of hydrogen-bond acceptors (Lipinski definition) is 9. The van der Waals surface area contributed by atoms with E-state index in [0.29, 0.717) is 11.6 Å². The number of carbonyl (C=O) groups is 1. The normalized spacial score (nSPS) is 18.0. The van der Waals surface area contributed by atoms with Gasteiger partial charge >= 0.3 is 6.18 Å². The van der Waals surface area contributed by atoms with E-state index in [-0.39, 0.29) is 62.9 Å². The van der Waals surface area contributed by atoms with Gasteiger partial charge in [-0.1, -0.05) is 23.7 Å². The van der Waals surface area contributed by atoms with Gasteiger partial charge in [-0.3, -0.25) is 19.6 Å². The number of benzene rings is 2. The Balaban J connectivity index is 1.35. The smallest absolute Gasteiger partial charge is 0.374 e. The Bertz CT molecular complexity index is 2580. The molecule has 0 aliphatic heterocycles. The Morgan fingerprint density at radius 2 is 1.74 bits per heavy atom. The van der Waals surface area contributed by atoms with Gasteiger partial charge in [0.15, 0.2) is 11.6 Å². The molecule has 0 radical (unpaired) electrons. The molecule has 3 aromatic heterocycles. The maximum atomic E-state index is 15.2. The van der Waals surface area contributed by atoms with E-state index in [1.807, 2.05) is 0 Å². The number of nitrogens with one attached hydrogen (secondary N) is 4. The molecule has 7 rings (SSSR count). The highest BCUT2D eigenvalue weighted by Gasteiger charge is 2.67. The van der Waals surface area contributed by atoms with E-state index in [4.69, 9.17) is 22.0 Å². The monoisotopic (exact) mass is 835 g/mol. The molecule has 0 unspecified atom stereocenters. The molecule has 2 aromatic carbocycles. The third-order valence-corrected chi connectivity index (χ3v) is 10.3. The Kier molecular flexibility index (Phi) is 10.00. The summed E-state index contributed by atoms with van der Waals surface area (Å²) >= 11 is 6.56. The van der Waals surface area contributed by atoms with Gasteiger partial charge < -0.3 is 10.6 Å².